The maximum atomic E-state index is 5.66. The molecule has 0 radical (unpaired) electrons. The molecule has 0 atom stereocenters. The van der Waals surface area contributed by atoms with Gasteiger partial charge in [0.15, 0.2) is 0 Å². The highest BCUT2D eigenvalue weighted by Gasteiger charge is 1.95. The molecular formula is C15H19NOS. The van der Waals surface area contributed by atoms with Crippen molar-refractivity contribution in [3.8, 4) is 5.75 Å². The van der Waals surface area contributed by atoms with E-state index >= 15 is 0 Å². The molecule has 0 fully saturated rings. The standard InChI is InChI=1S/C15H19NOS/c1-13-3-2-4-15(11-13)17-9-8-16-7-5-14-6-10-18-12-14/h2-4,6,10-12,16H,5,7-9H2,1H3. The van der Waals surface area contributed by atoms with Crippen LogP contribution in [-0.4, -0.2) is 19.7 Å². The van der Waals surface area contributed by atoms with E-state index in [4.69, 9.17) is 4.74 Å². The van der Waals surface area contributed by atoms with Crippen molar-refractivity contribution in [2.45, 2.75) is 13.3 Å². The molecule has 96 valence electrons. The Morgan fingerprint density at radius 3 is 2.94 bits per heavy atom. The Kier molecular flexibility index (Phi) is 5.24. The Bertz CT molecular complexity index is 453. The van der Waals surface area contributed by atoms with Gasteiger partial charge in [0.1, 0.15) is 12.4 Å². The molecule has 0 bridgehead atoms. The second-order valence-corrected chi connectivity index (χ2v) is 5.08. The highest BCUT2D eigenvalue weighted by Crippen LogP contribution is 2.11. The van der Waals surface area contributed by atoms with Crippen molar-refractivity contribution < 1.29 is 4.74 Å². The molecule has 2 rings (SSSR count). The van der Waals surface area contributed by atoms with Gasteiger partial charge in [0.2, 0.25) is 0 Å². The topological polar surface area (TPSA) is 21.3 Å². The second kappa shape index (κ2) is 7.19. The fourth-order valence-corrected chi connectivity index (χ4v) is 2.44. The van der Waals surface area contributed by atoms with Crippen LogP contribution in [0.5, 0.6) is 5.75 Å². The minimum Gasteiger partial charge on any atom is -0.492 e. The molecule has 1 aromatic heterocycles. The summed E-state index contributed by atoms with van der Waals surface area (Å²) in [6.45, 7) is 4.69. The first-order valence-electron chi connectivity index (χ1n) is 6.26. The van der Waals surface area contributed by atoms with E-state index < -0.39 is 0 Å². The minimum absolute atomic E-state index is 0.715. The summed E-state index contributed by atoms with van der Waals surface area (Å²) in [6, 6.07) is 10.3. The number of hydrogen-bond donors (Lipinski definition) is 1. The van der Waals surface area contributed by atoms with Crippen molar-refractivity contribution in [2.75, 3.05) is 19.7 Å². The lowest BCUT2D eigenvalue weighted by Crippen LogP contribution is -2.23. The maximum absolute atomic E-state index is 5.66. The average molecular weight is 261 g/mol. The SMILES string of the molecule is Cc1cccc(OCCNCCc2ccsc2)c1. The number of benzene rings is 1. The van der Waals surface area contributed by atoms with Crippen LogP contribution in [0, 0.1) is 6.92 Å². The molecule has 1 heterocycles. The quantitative estimate of drug-likeness (QED) is 0.772. The van der Waals surface area contributed by atoms with Crippen LogP contribution in [0.4, 0.5) is 0 Å². The van der Waals surface area contributed by atoms with Crippen LogP contribution in [0.1, 0.15) is 11.1 Å². The van der Waals surface area contributed by atoms with E-state index in [1.165, 1.54) is 11.1 Å². The van der Waals surface area contributed by atoms with E-state index in [0.29, 0.717) is 6.61 Å². The molecule has 18 heavy (non-hydrogen) atoms. The van der Waals surface area contributed by atoms with Gasteiger partial charge in [-0.25, -0.2) is 0 Å². The van der Waals surface area contributed by atoms with E-state index in [9.17, 15) is 0 Å². The largest absolute Gasteiger partial charge is 0.492 e. The van der Waals surface area contributed by atoms with E-state index in [1.807, 2.05) is 12.1 Å². The average Bonchev–Trinajstić information content (AvgIpc) is 2.87. The lowest BCUT2D eigenvalue weighted by molar-refractivity contribution is 0.314. The summed E-state index contributed by atoms with van der Waals surface area (Å²) in [4.78, 5) is 0. The Labute approximate surface area is 113 Å². The second-order valence-electron chi connectivity index (χ2n) is 4.30. The first kappa shape index (κ1) is 13.1. The Morgan fingerprint density at radius 1 is 1.22 bits per heavy atom. The van der Waals surface area contributed by atoms with Gasteiger partial charge in [-0.15, -0.1) is 0 Å². The highest BCUT2D eigenvalue weighted by molar-refractivity contribution is 7.07. The number of rotatable bonds is 7. The Balaban J connectivity index is 1.56. The zero-order valence-electron chi connectivity index (χ0n) is 10.7. The molecule has 0 aliphatic heterocycles. The third-order valence-electron chi connectivity index (χ3n) is 2.71. The van der Waals surface area contributed by atoms with Crippen molar-refractivity contribution in [3.63, 3.8) is 0 Å². The third kappa shape index (κ3) is 4.51. The van der Waals surface area contributed by atoms with Gasteiger partial charge in [-0.3, -0.25) is 0 Å². The molecule has 0 saturated heterocycles. The van der Waals surface area contributed by atoms with Gasteiger partial charge in [-0.05, 0) is 60.0 Å². The molecule has 0 unspecified atom stereocenters. The summed E-state index contributed by atoms with van der Waals surface area (Å²) in [7, 11) is 0. The zero-order valence-corrected chi connectivity index (χ0v) is 11.5. The molecular weight excluding hydrogens is 242 g/mol. The highest BCUT2D eigenvalue weighted by atomic mass is 32.1. The van der Waals surface area contributed by atoms with Crippen molar-refractivity contribution in [2.24, 2.45) is 0 Å². The van der Waals surface area contributed by atoms with Gasteiger partial charge in [0.25, 0.3) is 0 Å². The summed E-state index contributed by atoms with van der Waals surface area (Å²) in [5.41, 5.74) is 2.64. The van der Waals surface area contributed by atoms with Crippen LogP contribution < -0.4 is 10.1 Å². The van der Waals surface area contributed by atoms with Crippen LogP contribution in [-0.2, 0) is 6.42 Å². The molecule has 2 aromatic rings. The number of ether oxygens (including phenoxy) is 1. The Hall–Kier alpha value is -1.32. The Morgan fingerprint density at radius 2 is 2.17 bits per heavy atom. The van der Waals surface area contributed by atoms with Crippen LogP contribution in [0.25, 0.3) is 0 Å². The summed E-state index contributed by atoms with van der Waals surface area (Å²) >= 11 is 1.75. The molecule has 3 heteroatoms. The van der Waals surface area contributed by atoms with E-state index in [2.05, 4.69) is 41.2 Å². The minimum atomic E-state index is 0.715. The monoisotopic (exact) mass is 261 g/mol. The van der Waals surface area contributed by atoms with Crippen molar-refractivity contribution in [1.29, 1.82) is 0 Å². The predicted octanol–water partition coefficient (Wildman–Crippen LogP) is 3.27. The van der Waals surface area contributed by atoms with Gasteiger partial charge < -0.3 is 10.1 Å². The lowest BCUT2D eigenvalue weighted by Gasteiger charge is -2.07. The first-order valence-corrected chi connectivity index (χ1v) is 7.20. The van der Waals surface area contributed by atoms with Gasteiger partial charge in [0, 0.05) is 6.54 Å². The molecule has 0 amide bonds. The van der Waals surface area contributed by atoms with E-state index in [0.717, 1.165) is 25.3 Å². The summed E-state index contributed by atoms with van der Waals surface area (Å²) < 4.78 is 5.66. The maximum Gasteiger partial charge on any atom is 0.119 e. The number of aryl methyl sites for hydroxylation is 1. The number of hydrogen-bond acceptors (Lipinski definition) is 3. The molecule has 0 saturated carbocycles. The molecule has 0 aliphatic rings. The molecule has 2 nitrogen and oxygen atoms in total. The molecule has 1 N–H and O–H groups in total. The molecule has 0 spiro atoms. The number of nitrogens with one attached hydrogen (secondary N) is 1. The number of thiophene rings is 1. The summed E-state index contributed by atoms with van der Waals surface area (Å²) in [6.07, 6.45) is 1.09. The van der Waals surface area contributed by atoms with Crippen LogP contribution in [0.15, 0.2) is 41.1 Å². The molecule has 0 aliphatic carbocycles. The van der Waals surface area contributed by atoms with Gasteiger partial charge >= 0.3 is 0 Å². The van der Waals surface area contributed by atoms with Gasteiger partial charge in [-0.1, -0.05) is 12.1 Å². The van der Waals surface area contributed by atoms with Crippen molar-refractivity contribution in [1.82, 2.24) is 5.32 Å². The van der Waals surface area contributed by atoms with Crippen molar-refractivity contribution >= 4 is 11.3 Å². The summed E-state index contributed by atoms with van der Waals surface area (Å²) in [5.74, 6) is 0.953. The third-order valence-corrected chi connectivity index (χ3v) is 3.44. The molecule has 1 aromatic carbocycles. The normalized spacial score (nSPS) is 10.5. The van der Waals surface area contributed by atoms with E-state index in [-0.39, 0.29) is 0 Å². The van der Waals surface area contributed by atoms with Crippen molar-refractivity contribution in [3.05, 3.63) is 52.2 Å². The predicted molar refractivity (Wildman–Crippen MR) is 77.6 cm³/mol. The summed E-state index contributed by atoms with van der Waals surface area (Å²) in [5, 5.41) is 7.71. The van der Waals surface area contributed by atoms with Crippen LogP contribution >= 0.6 is 11.3 Å². The lowest BCUT2D eigenvalue weighted by atomic mass is 10.2. The van der Waals surface area contributed by atoms with Gasteiger partial charge in [-0.2, -0.15) is 11.3 Å². The fraction of sp³-hybridized carbons (Fsp3) is 0.333. The van der Waals surface area contributed by atoms with Gasteiger partial charge in [0.05, 0.1) is 0 Å². The fourth-order valence-electron chi connectivity index (χ4n) is 1.74. The zero-order chi connectivity index (χ0) is 12.6. The smallest absolute Gasteiger partial charge is 0.119 e. The van der Waals surface area contributed by atoms with E-state index in [1.54, 1.807) is 11.3 Å². The van der Waals surface area contributed by atoms with Crippen LogP contribution in [0.3, 0.4) is 0 Å². The first-order chi connectivity index (χ1) is 8.84. The van der Waals surface area contributed by atoms with Crippen LogP contribution in [0.2, 0.25) is 0 Å².